The number of nitrogens with one attached hydrogen (secondary N) is 1. The molecule has 0 aliphatic rings. The van der Waals surface area contributed by atoms with E-state index in [1.807, 2.05) is 0 Å². The average molecular weight is 130 g/mol. The molecule has 0 aromatic rings. The van der Waals surface area contributed by atoms with Crippen molar-refractivity contribution in [3.63, 3.8) is 0 Å². The van der Waals surface area contributed by atoms with Gasteiger partial charge in [0, 0.05) is 7.05 Å². The summed E-state index contributed by atoms with van der Waals surface area (Å²) in [6.07, 6.45) is 0. The second kappa shape index (κ2) is 2.81. The first-order valence-corrected chi connectivity index (χ1v) is 2.15. The zero-order valence-electron chi connectivity index (χ0n) is 4.88. The van der Waals surface area contributed by atoms with E-state index < -0.39 is 16.5 Å². The summed E-state index contributed by atoms with van der Waals surface area (Å²) >= 11 is 0. The third kappa shape index (κ3) is 1.89. The van der Waals surface area contributed by atoms with Crippen LogP contribution in [-0.2, 0) is 4.79 Å². The van der Waals surface area contributed by atoms with E-state index in [0.29, 0.717) is 0 Å². The molecule has 0 heterocycles. The SMILES string of the molecule is C=C(C(=O)NC)[N+](=O)[O-]. The number of hydrogen-bond donors (Lipinski definition) is 1. The Morgan fingerprint density at radius 1 is 1.78 bits per heavy atom. The van der Waals surface area contributed by atoms with E-state index in [9.17, 15) is 14.9 Å². The highest BCUT2D eigenvalue weighted by molar-refractivity contribution is 5.89. The molecule has 0 saturated carbocycles. The Morgan fingerprint density at radius 2 is 2.22 bits per heavy atom. The average Bonchev–Trinajstić information content (AvgIpc) is 1.84. The molecule has 0 atom stereocenters. The Labute approximate surface area is 51.5 Å². The number of nitrogens with zero attached hydrogens (tertiary/aromatic N) is 1. The fraction of sp³-hybridized carbons (Fsp3) is 0.250. The highest BCUT2D eigenvalue weighted by Gasteiger charge is 2.15. The van der Waals surface area contributed by atoms with Crippen molar-refractivity contribution in [1.29, 1.82) is 0 Å². The van der Waals surface area contributed by atoms with Gasteiger partial charge in [0.2, 0.25) is 0 Å². The maximum Gasteiger partial charge on any atom is 0.326 e. The predicted octanol–water partition coefficient (Wildman–Crippen LogP) is -0.477. The summed E-state index contributed by atoms with van der Waals surface area (Å²) in [4.78, 5) is 19.2. The van der Waals surface area contributed by atoms with Crippen molar-refractivity contribution in [2.75, 3.05) is 7.05 Å². The first-order valence-electron chi connectivity index (χ1n) is 2.15. The second-order valence-corrected chi connectivity index (χ2v) is 1.28. The Hall–Kier alpha value is -1.39. The van der Waals surface area contributed by atoms with Crippen LogP contribution >= 0.6 is 0 Å². The Balaban J connectivity index is 4.05. The lowest BCUT2D eigenvalue weighted by Crippen LogP contribution is -2.23. The van der Waals surface area contributed by atoms with Gasteiger partial charge in [0.25, 0.3) is 0 Å². The van der Waals surface area contributed by atoms with Crippen LogP contribution in [0.5, 0.6) is 0 Å². The molecule has 1 N–H and O–H groups in total. The van der Waals surface area contributed by atoms with E-state index in [-0.39, 0.29) is 0 Å². The van der Waals surface area contributed by atoms with Crippen molar-refractivity contribution < 1.29 is 9.72 Å². The lowest BCUT2D eigenvalue weighted by Gasteiger charge is -1.91. The number of nitro groups is 1. The lowest BCUT2D eigenvalue weighted by molar-refractivity contribution is -0.418. The van der Waals surface area contributed by atoms with Gasteiger partial charge >= 0.3 is 11.6 Å². The van der Waals surface area contributed by atoms with Gasteiger partial charge in [-0.05, 0) is 6.58 Å². The number of likely N-dealkylation sites (N-methyl/N-ethyl adjacent to an activating group) is 1. The second-order valence-electron chi connectivity index (χ2n) is 1.28. The van der Waals surface area contributed by atoms with Crippen LogP contribution < -0.4 is 5.32 Å². The standard InChI is InChI=1S/C4H6N2O3/c1-3(6(8)9)4(7)5-2/h1H2,2H3,(H,5,7). The van der Waals surface area contributed by atoms with Gasteiger partial charge in [-0.15, -0.1) is 0 Å². The maximum absolute atomic E-state index is 10.3. The zero-order valence-corrected chi connectivity index (χ0v) is 4.88. The van der Waals surface area contributed by atoms with E-state index in [4.69, 9.17) is 0 Å². The largest absolute Gasteiger partial charge is 0.350 e. The minimum absolute atomic E-state index is 0.641. The van der Waals surface area contributed by atoms with E-state index in [1.54, 1.807) is 0 Å². The predicted molar refractivity (Wildman–Crippen MR) is 30.2 cm³/mol. The zero-order chi connectivity index (χ0) is 7.44. The first kappa shape index (κ1) is 7.61. The number of rotatable bonds is 2. The van der Waals surface area contributed by atoms with Gasteiger partial charge in [-0.3, -0.25) is 14.9 Å². The molecule has 0 unspecified atom stereocenters. The van der Waals surface area contributed by atoms with E-state index in [1.165, 1.54) is 7.05 Å². The van der Waals surface area contributed by atoms with Crippen LogP contribution in [0, 0.1) is 10.1 Å². The van der Waals surface area contributed by atoms with Gasteiger partial charge in [-0.1, -0.05) is 0 Å². The molecule has 0 bridgehead atoms. The minimum Gasteiger partial charge on any atom is -0.350 e. The molecule has 0 rings (SSSR count). The van der Waals surface area contributed by atoms with Crippen LogP contribution in [0.1, 0.15) is 0 Å². The highest BCUT2D eigenvalue weighted by Crippen LogP contribution is 1.87. The van der Waals surface area contributed by atoms with Gasteiger partial charge in [0.05, 0.1) is 4.92 Å². The molecule has 0 aliphatic heterocycles. The van der Waals surface area contributed by atoms with Gasteiger partial charge in [-0.2, -0.15) is 0 Å². The Morgan fingerprint density at radius 3 is 2.33 bits per heavy atom. The van der Waals surface area contributed by atoms with Crippen LogP contribution in [0.4, 0.5) is 0 Å². The van der Waals surface area contributed by atoms with Crippen LogP contribution in [0.15, 0.2) is 12.3 Å². The summed E-state index contributed by atoms with van der Waals surface area (Å²) in [5.74, 6) is -0.764. The topological polar surface area (TPSA) is 72.2 Å². The molecule has 50 valence electrons. The molecule has 5 nitrogen and oxygen atoms in total. The summed E-state index contributed by atoms with van der Waals surface area (Å²) in [6.45, 7) is 2.91. The van der Waals surface area contributed by atoms with Crippen molar-refractivity contribution in [2.45, 2.75) is 0 Å². The molecule has 1 amide bonds. The molecule has 0 aliphatic carbocycles. The maximum atomic E-state index is 10.3. The lowest BCUT2D eigenvalue weighted by atomic mass is 10.5. The van der Waals surface area contributed by atoms with E-state index in [2.05, 4.69) is 11.9 Å². The number of hydrogen-bond acceptors (Lipinski definition) is 3. The minimum atomic E-state index is -0.834. The van der Waals surface area contributed by atoms with Gasteiger partial charge in [0.1, 0.15) is 0 Å². The highest BCUT2D eigenvalue weighted by atomic mass is 16.6. The molecule has 0 aromatic carbocycles. The summed E-state index contributed by atoms with van der Waals surface area (Å²) in [5, 5.41) is 11.8. The van der Waals surface area contributed by atoms with Crippen molar-refractivity contribution >= 4 is 5.91 Å². The first-order chi connectivity index (χ1) is 4.09. The Bertz CT molecular complexity index is 163. The molecular weight excluding hydrogens is 124 g/mol. The molecule has 9 heavy (non-hydrogen) atoms. The normalized spacial score (nSPS) is 8.11. The van der Waals surface area contributed by atoms with Gasteiger partial charge < -0.3 is 5.32 Å². The van der Waals surface area contributed by atoms with Crippen LogP contribution in [0.25, 0.3) is 0 Å². The monoisotopic (exact) mass is 130 g/mol. The summed E-state index contributed by atoms with van der Waals surface area (Å²) in [5.41, 5.74) is -0.641. The molecule has 5 heteroatoms. The summed E-state index contributed by atoms with van der Waals surface area (Å²) in [7, 11) is 1.30. The molecule has 0 radical (unpaired) electrons. The van der Waals surface area contributed by atoms with Crippen LogP contribution in [0.3, 0.4) is 0 Å². The van der Waals surface area contributed by atoms with Gasteiger partial charge in [0.15, 0.2) is 0 Å². The molecule has 0 fully saturated rings. The summed E-state index contributed by atoms with van der Waals surface area (Å²) in [6, 6.07) is 0. The van der Waals surface area contributed by atoms with E-state index >= 15 is 0 Å². The van der Waals surface area contributed by atoms with Crippen LogP contribution in [0.2, 0.25) is 0 Å². The molecular formula is C4H6N2O3. The fourth-order valence-electron chi connectivity index (χ4n) is 0.227. The number of carbonyl (C=O) groups is 1. The Kier molecular flexibility index (Phi) is 2.37. The van der Waals surface area contributed by atoms with E-state index in [0.717, 1.165) is 0 Å². The van der Waals surface area contributed by atoms with Crippen molar-refractivity contribution in [1.82, 2.24) is 5.32 Å². The third-order valence-electron chi connectivity index (χ3n) is 0.710. The van der Waals surface area contributed by atoms with Crippen molar-refractivity contribution in [2.24, 2.45) is 0 Å². The number of amides is 1. The fourth-order valence-corrected chi connectivity index (χ4v) is 0.227. The summed E-state index contributed by atoms with van der Waals surface area (Å²) < 4.78 is 0. The third-order valence-corrected chi connectivity index (χ3v) is 0.710. The molecule has 0 saturated heterocycles. The smallest absolute Gasteiger partial charge is 0.326 e. The van der Waals surface area contributed by atoms with Crippen LogP contribution in [-0.4, -0.2) is 17.9 Å². The van der Waals surface area contributed by atoms with Crippen molar-refractivity contribution in [3.8, 4) is 0 Å². The van der Waals surface area contributed by atoms with Crippen molar-refractivity contribution in [3.05, 3.63) is 22.4 Å². The van der Waals surface area contributed by atoms with Gasteiger partial charge in [-0.25, -0.2) is 0 Å². The molecule has 0 aromatic heterocycles. The number of carbonyl (C=O) groups excluding carboxylic acids is 1. The quantitative estimate of drug-likeness (QED) is 0.312. The molecule has 0 spiro atoms.